The second-order valence-corrected chi connectivity index (χ2v) is 3.64. The third-order valence-electron chi connectivity index (χ3n) is 1.64. The van der Waals surface area contributed by atoms with E-state index in [1.54, 1.807) is 6.07 Å². The van der Waals surface area contributed by atoms with Crippen LogP contribution in [0.4, 0.5) is 4.39 Å². The Balaban J connectivity index is 2.57. The molecule has 1 aromatic rings. The first-order chi connectivity index (χ1) is 7.09. The number of carboxylic acids is 1. The third kappa shape index (κ3) is 4.12. The molecule has 0 aromatic heterocycles. The van der Waals surface area contributed by atoms with Gasteiger partial charge in [0, 0.05) is 23.3 Å². The molecule has 0 radical (unpaired) electrons. The summed E-state index contributed by atoms with van der Waals surface area (Å²) in [6.45, 7) is 0.363. The van der Waals surface area contributed by atoms with Crippen molar-refractivity contribution in [1.82, 2.24) is 5.32 Å². The predicted octanol–water partition coefficient (Wildman–Crippen LogP) is 2.28. The molecule has 1 aromatic carbocycles. The van der Waals surface area contributed by atoms with Crippen LogP contribution in [0.25, 0.3) is 0 Å². The van der Waals surface area contributed by atoms with Gasteiger partial charge in [-0.3, -0.25) is 0 Å². The molecule has 0 atom stereocenters. The van der Waals surface area contributed by atoms with E-state index < -0.39 is 5.97 Å². The van der Waals surface area contributed by atoms with Crippen molar-refractivity contribution in [3.05, 3.63) is 46.3 Å². The highest BCUT2D eigenvalue weighted by Gasteiger charge is 1.99. The summed E-state index contributed by atoms with van der Waals surface area (Å²) in [6.07, 6.45) is 2.28. The Morgan fingerprint density at radius 3 is 3.00 bits per heavy atom. The molecular weight excluding hydrogens is 265 g/mol. The van der Waals surface area contributed by atoms with Gasteiger partial charge in [0.05, 0.1) is 0 Å². The predicted molar refractivity (Wildman–Crippen MR) is 57.7 cm³/mol. The number of rotatable bonds is 4. The average Bonchev–Trinajstić information content (AvgIpc) is 2.17. The Morgan fingerprint density at radius 1 is 1.60 bits per heavy atom. The molecular formula is C10H9BrFNO2. The molecule has 1 rings (SSSR count). The molecule has 0 spiro atoms. The molecule has 2 N–H and O–H groups in total. The van der Waals surface area contributed by atoms with E-state index in [0.717, 1.165) is 16.1 Å². The fourth-order valence-electron chi connectivity index (χ4n) is 0.978. The maximum atomic E-state index is 12.8. The Labute approximate surface area is 94.7 Å². The molecule has 0 saturated heterocycles. The van der Waals surface area contributed by atoms with Crippen LogP contribution >= 0.6 is 15.9 Å². The van der Waals surface area contributed by atoms with Gasteiger partial charge in [-0.25, -0.2) is 9.18 Å². The van der Waals surface area contributed by atoms with Crippen molar-refractivity contribution in [1.29, 1.82) is 0 Å². The van der Waals surface area contributed by atoms with Crippen LogP contribution in [0, 0.1) is 5.82 Å². The lowest BCUT2D eigenvalue weighted by Gasteiger charge is -2.04. The Kier molecular flexibility index (Phi) is 4.30. The second kappa shape index (κ2) is 5.50. The van der Waals surface area contributed by atoms with E-state index in [-0.39, 0.29) is 5.82 Å². The summed E-state index contributed by atoms with van der Waals surface area (Å²) in [7, 11) is 0. The maximum Gasteiger partial charge on any atom is 0.329 e. The summed E-state index contributed by atoms with van der Waals surface area (Å²) in [5, 5.41) is 11.1. The normalized spacial score (nSPS) is 10.5. The SMILES string of the molecule is O=C(O)/C=C/NCc1cc(F)ccc1Br. The molecule has 0 saturated carbocycles. The summed E-state index contributed by atoms with van der Waals surface area (Å²) in [5.74, 6) is -1.35. The van der Waals surface area contributed by atoms with Gasteiger partial charge in [-0.2, -0.15) is 0 Å². The highest BCUT2D eigenvalue weighted by atomic mass is 79.9. The molecule has 0 amide bonds. The molecule has 0 bridgehead atoms. The van der Waals surface area contributed by atoms with Gasteiger partial charge in [0.15, 0.2) is 0 Å². The number of halogens is 2. The minimum atomic E-state index is -1.03. The minimum absolute atomic E-state index is 0.322. The van der Waals surface area contributed by atoms with Crippen molar-refractivity contribution in [2.45, 2.75) is 6.54 Å². The zero-order chi connectivity index (χ0) is 11.3. The smallest absolute Gasteiger partial charge is 0.329 e. The first kappa shape index (κ1) is 11.7. The largest absolute Gasteiger partial charge is 0.478 e. The first-order valence-corrected chi connectivity index (χ1v) is 4.95. The number of hydrogen-bond donors (Lipinski definition) is 2. The Morgan fingerprint density at radius 2 is 2.33 bits per heavy atom. The number of aliphatic carboxylic acids is 1. The highest BCUT2D eigenvalue weighted by molar-refractivity contribution is 9.10. The van der Waals surface area contributed by atoms with Crippen molar-refractivity contribution in [2.75, 3.05) is 0 Å². The van der Waals surface area contributed by atoms with Crippen molar-refractivity contribution in [3.8, 4) is 0 Å². The van der Waals surface area contributed by atoms with Crippen LogP contribution in [-0.2, 0) is 11.3 Å². The summed E-state index contributed by atoms with van der Waals surface area (Å²) in [6, 6.07) is 4.33. The van der Waals surface area contributed by atoms with Gasteiger partial charge < -0.3 is 10.4 Å². The number of carbonyl (C=O) groups is 1. The number of benzene rings is 1. The van der Waals surface area contributed by atoms with Crippen molar-refractivity contribution >= 4 is 21.9 Å². The van der Waals surface area contributed by atoms with E-state index in [2.05, 4.69) is 21.2 Å². The lowest BCUT2D eigenvalue weighted by molar-refractivity contribution is -0.131. The molecule has 0 aliphatic heterocycles. The zero-order valence-corrected chi connectivity index (χ0v) is 9.29. The average molecular weight is 274 g/mol. The van der Waals surface area contributed by atoms with Crippen LogP contribution in [0.2, 0.25) is 0 Å². The maximum absolute atomic E-state index is 12.8. The zero-order valence-electron chi connectivity index (χ0n) is 7.71. The van der Waals surface area contributed by atoms with Crippen LogP contribution in [0.1, 0.15) is 5.56 Å². The van der Waals surface area contributed by atoms with Crippen molar-refractivity contribution < 1.29 is 14.3 Å². The van der Waals surface area contributed by atoms with E-state index in [9.17, 15) is 9.18 Å². The van der Waals surface area contributed by atoms with Gasteiger partial charge in [0.25, 0.3) is 0 Å². The summed E-state index contributed by atoms with van der Waals surface area (Å²) < 4.78 is 13.6. The molecule has 0 aliphatic carbocycles. The summed E-state index contributed by atoms with van der Waals surface area (Å²) in [4.78, 5) is 10.1. The van der Waals surface area contributed by atoms with E-state index in [1.165, 1.54) is 18.3 Å². The molecule has 5 heteroatoms. The van der Waals surface area contributed by atoms with Crippen LogP contribution in [0.5, 0.6) is 0 Å². The lowest BCUT2D eigenvalue weighted by Crippen LogP contribution is -2.06. The Hall–Kier alpha value is -1.36. The minimum Gasteiger partial charge on any atom is -0.478 e. The van der Waals surface area contributed by atoms with Crippen LogP contribution < -0.4 is 5.32 Å². The molecule has 0 unspecified atom stereocenters. The van der Waals surface area contributed by atoms with Crippen LogP contribution in [0.15, 0.2) is 34.9 Å². The molecule has 15 heavy (non-hydrogen) atoms. The van der Waals surface area contributed by atoms with E-state index in [0.29, 0.717) is 6.54 Å². The fraction of sp³-hybridized carbons (Fsp3) is 0.100. The number of hydrogen-bond acceptors (Lipinski definition) is 2. The van der Waals surface area contributed by atoms with Gasteiger partial charge in [0.1, 0.15) is 5.82 Å². The van der Waals surface area contributed by atoms with Gasteiger partial charge in [-0.05, 0) is 23.8 Å². The molecule has 0 aliphatic rings. The lowest BCUT2D eigenvalue weighted by atomic mass is 10.2. The summed E-state index contributed by atoms with van der Waals surface area (Å²) in [5.41, 5.74) is 0.727. The monoisotopic (exact) mass is 273 g/mol. The third-order valence-corrected chi connectivity index (χ3v) is 2.42. The highest BCUT2D eigenvalue weighted by Crippen LogP contribution is 2.17. The number of nitrogens with one attached hydrogen (secondary N) is 1. The molecule has 0 fully saturated rings. The van der Waals surface area contributed by atoms with Crippen molar-refractivity contribution in [3.63, 3.8) is 0 Å². The van der Waals surface area contributed by atoms with Crippen LogP contribution in [0.3, 0.4) is 0 Å². The fourth-order valence-corrected chi connectivity index (χ4v) is 1.36. The Bertz CT molecular complexity index is 393. The van der Waals surface area contributed by atoms with Gasteiger partial charge >= 0.3 is 5.97 Å². The molecule has 0 heterocycles. The van der Waals surface area contributed by atoms with Gasteiger partial charge in [-0.15, -0.1) is 0 Å². The topological polar surface area (TPSA) is 49.3 Å². The van der Waals surface area contributed by atoms with E-state index in [4.69, 9.17) is 5.11 Å². The van der Waals surface area contributed by atoms with E-state index >= 15 is 0 Å². The van der Waals surface area contributed by atoms with E-state index in [1.807, 2.05) is 0 Å². The molecule has 80 valence electrons. The number of carboxylic acid groups (broad SMARTS) is 1. The summed E-state index contributed by atoms with van der Waals surface area (Å²) >= 11 is 3.26. The molecule has 3 nitrogen and oxygen atoms in total. The first-order valence-electron chi connectivity index (χ1n) is 4.16. The second-order valence-electron chi connectivity index (χ2n) is 2.79. The van der Waals surface area contributed by atoms with Gasteiger partial charge in [0.2, 0.25) is 0 Å². The standard InChI is InChI=1S/C10H9BrFNO2/c11-9-2-1-8(12)5-7(9)6-13-4-3-10(14)15/h1-5,13H,6H2,(H,14,15)/b4-3+. The quantitative estimate of drug-likeness (QED) is 0.828. The van der Waals surface area contributed by atoms with Crippen LogP contribution in [-0.4, -0.2) is 11.1 Å². The van der Waals surface area contributed by atoms with Gasteiger partial charge in [-0.1, -0.05) is 15.9 Å². The van der Waals surface area contributed by atoms with Crippen molar-refractivity contribution in [2.24, 2.45) is 0 Å².